The molecule has 0 atom stereocenters. The standard InChI is InChI=1S/C17H16N2O7/c1-25-15-9-11(19(23)24)4-5-12(15)17(22)18-13-7-10(3-6-14(13)20)8-16(21)26-2/h3-7,9,20H,8H2,1-2H3,(H,18,22). The van der Waals surface area contributed by atoms with E-state index in [9.17, 15) is 24.8 Å². The van der Waals surface area contributed by atoms with Gasteiger partial charge in [-0.25, -0.2) is 0 Å². The molecule has 2 aromatic rings. The predicted molar refractivity (Wildman–Crippen MR) is 91.4 cm³/mol. The Hall–Kier alpha value is -3.62. The van der Waals surface area contributed by atoms with Crippen molar-refractivity contribution in [2.75, 3.05) is 19.5 Å². The number of hydrogen-bond acceptors (Lipinski definition) is 7. The molecule has 26 heavy (non-hydrogen) atoms. The number of ether oxygens (including phenoxy) is 2. The third-order valence-electron chi connectivity index (χ3n) is 3.53. The van der Waals surface area contributed by atoms with Crippen LogP contribution in [0.4, 0.5) is 11.4 Å². The van der Waals surface area contributed by atoms with Crippen molar-refractivity contribution >= 4 is 23.3 Å². The summed E-state index contributed by atoms with van der Waals surface area (Å²) in [5.74, 6) is -1.29. The highest BCUT2D eigenvalue weighted by molar-refractivity contribution is 6.07. The number of phenolic OH excluding ortho intramolecular Hbond substituents is 1. The first kappa shape index (κ1) is 18.7. The highest BCUT2D eigenvalue weighted by Gasteiger charge is 2.18. The number of methoxy groups -OCH3 is 2. The van der Waals surface area contributed by atoms with Gasteiger partial charge in [0.2, 0.25) is 0 Å². The van der Waals surface area contributed by atoms with E-state index < -0.39 is 16.8 Å². The Labute approximate surface area is 148 Å². The Morgan fingerprint density at radius 3 is 2.54 bits per heavy atom. The third-order valence-corrected chi connectivity index (χ3v) is 3.53. The number of nitrogens with zero attached hydrogens (tertiary/aromatic N) is 1. The zero-order valence-electron chi connectivity index (χ0n) is 14.0. The molecule has 0 unspecified atom stereocenters. The maximum absolute atomic E-state index is 12.5. The van der Waals surface area contributed by atoms with E-state index in [1.165, 1.54) is 44.6 Å². The number of phenols is 1. The number of rotatable bonds is 6. The van der Waals surface area contributed by atoms with Crippen LogP contribution in [0, 0.1) is 10.1 Å². The van der Waals surface area contributed by atoms with Crippen molar-refractivity contribution in [3.8, 4) is 11.5 Å². The first-order chi connectivity index (χ1) is 12.3. The lowest BCUT2D eigenvalue weighted by atomic mass is 10.1. The van der Waals surface area contributed by atoms with Gasteiger partial charge in [-0.3, -0.25) is 19.7 Å². The van der Waals surface area contributed by atoms with Gasteiger partial charge in [0.05, 0.1) is 42.9 Å². The average Bonchev–Trinajstić information content (AvgIpc) is 2.63. The van der Waals surface area contributed by atoms with Crippen LogP contribution in [-0.4, -0.2) is 36.1 Å². The molecule has 1 amide bonds. The monoisotopic (exact) mass is 360 g/mol. The molecule has 0 aliphatic rings. The summed E-state index contributed by atoms with van der Waals surface area (Å²) in [6.07, 6.45) is -0.0273. The van der Waals surface area contributed by atoms with Gasteiger partial charge in [-0.05, 0) is 23.8 Å². The molecule has 0 heterocycles. The van der Waals surface area contributed by atoms with E-state index in [1.807, 2.05) is 0 Å². The van der Waals surface area contributed by atoms with Crippen molar-refractivity contribution in [3.63, 3.8) is 0 Å². The quantitative estimate of drug-likeness (QED) is 0.350. The lowest BCUT2D eigenvalue weighted by Gasteiger charge is -2.11. The number of benzene rings is 2. The average molecular weight is 360 g/mol. The largest absolute Gasteiger partial charge is 0.506 e. The Kier molecular flexibility index (Phi) is 5.74. The van der Waals surface area contributed by atoms with Gasteiger partial charge in [-0.2, -0.15) is 0 Å². The Morgan fingerprint density at radius 1 is 1.19 bits per heavy atom. The number of nitrogens with one attached hydrogen (secondary N) is 1. The van der Waals surface area contributed by atoms with Crippen LogP contribution in [0.1, 0.15) is 15.9 Å². The van der Waals surface area contributed by atoms with E-state index in [-0.39, 0.29) is 34.9 Å². The van der Waals surface area contributed by atoms with Crippen LogP contribution < -0.4 is 10.1 Å². The molecule has 2 aromatic carbocycles. The van der Waals surface area contributed by atoms with Gasteiger partial charge < -0.3 is 19.9 Å². The van der Waals surface area contributed by atoms with Gasteiger partial charge in [0.25, 0.3) is 11.6 Å². The summed E-state index contributed by atoms with van der Waals surface area (Å²) in [7, 11) is 2.54. The van der Waals surface area contributed by atoms with Crippen molar-refractivity contribution in [2.24, 2.45) is 0 Å². The van der Waals surface area contributed by atoms with Gasteiger partial charge >= 0.3 is 5.97 Å². The molecule has 2 N–H and O–H groups in total. The second-order valence-electron chi connectivity index (χ2n) is 5.20. The molecule has 0 radical (unpaired) electrons. The summed E-state index contributed by atoms with van der Waals surface area (Å²) in [4.78, 5) is 34.0. The minimum atomic E-state index is -0.637. The number of non-ortho nitro benzene ring substituents is 1. The molecule has 9 heteroatoms. The summed E-state index contributed by atoms with van der Waals surface area (Å²) in [6.45, 7) is 0. The Balaban J connectivity index is 2.28. The van der Waals surface area contributed by atoms with Crippen molar-refractivity contribution in [3.05, 3.63) is 57.6 Å². The zero-order chi connectivity index (χ0) is 19.3. The maximum Gasteiger partial charge on any atom is 0.309 e. The number of carbonyl (C=O) groups is 2. The number of nitro benzene ring substituents is 1. The first-order valence-electron chi connectivity index (χ1n) is 7.38. The molecule has 0 aromatic heterocycles. The van der Waals surface area contributed by atoms with Crippen LogP contribution >= 0.6 is 0 Å². The lowest BCUT2D eigenvalue weighted by Crippen LogP contribution is -2.14. The smallest absolute Gasteiger partial charge is 0.309 e. The number of anilines is 1. The number of amides is 1. The van der Waals surface area contributed by atoms with Gasteiger partial charge in [-0.1, -0.05) is 6.07 Å². The van der Waals surface area contributed by atoms with E-state index in [0.29, 0.717) is 5.56 Å². The predicted octanol–water partition coefficient (Wildman–Crippen LogP) is 2.28. The lowest BCUT2D eigenvalue weighted by molar-refractivity contribution is -0.384. The van der Waals surface area contributed by atoms with Gasteiger partial charge in [-0.15, -0.1) is 0 Å². The molecule has 9 nitrogen and oxygen atoms in total. The van der Waals surface area contributed by atoms with Crippen LogP contribution in [0.3, 0.4) is 0 Å². The molecule has 0 aliphatic carbocycles. The summed E-state index contributed by atoms with van der Waals surface area (Å²) in [6, 6.07) is 7.84. The summed E-state index contributed by atoms with van der Waals surface area (Å²) < 4.78 is 9.60. The molecule has 0 aliphatic heterocycles. The number of nitro groups is 1. The van der Waals surface area contributed by atoms with Gasteiger partial charge in [0, 0.05) is 6.07 Å². The maximum atomic E-state index is 12.5. The van der Waals surface area contributed by atoms with Crippen molar-refractivity contribution in [1.82, 2.24) is 0 Å². The van der Waals surface area contributed by atoms with Crippen LogP contribution in [0.2, 0.25) is 0 Å². The van der Waals surface area contributed by atoms with Crippen molar-refractivity contribution < 1.29 is 29.1 Å². The second-order valence-corrected chi connectivity index (χ2v) is 5.20. The summed E-state index contributed by atoms with van der Waals surface area (Å²) in [5, 5.41) is 23.2. The molecule has 0 saturated carbocycles. The molecular weight excluding hydrogens is 344 g/mol. The molecule has 2 rings (SSSR count). The van der Waals surface area contributed by atoms with Crippen molar-refractivity contribution in [2.45, 2.75) is 6.42 Å². The number of aromatic hydroxyl groups is 1. The summed E-state index contributed by atoms with van der Waals surface area (Å²) >= 11 is 0. The first-order valence-corrected chi connectivity index (χ1v) is 7.38. The van der Waals surface area contributed by atoms with E-state index in [4.69, 9.17) is 4.74 Å². The Morgan fingerprint density at radius 2 is 1.92 bits per heavy atom. The molecule has 0 bridgehead atoms. The van der Waals surface area contributed by atoms with Crippen LogP contribution in [0.5, 0.6) is 11.5 Å². The second kappa shape index (κ2) is 7.97. The normalized spacial score (nSPS) is 10.1. The molecule has 136 valence electrons. The number of esters is 1. The number of hydrogen-bond donors (Lipinski definition) is 2. The fraction of sp³-hybridized carbons (Fsp3) is 0.176. The highest BCUT2D eigenvalue weighted by atomic mass is 16.6. The van der Waals surface area contributed by atoms with Crippen LogP contribution in [-0.2, 0) is 16.0 Å². The van der Waals surface area contributed by atoms with Crippen LogP contribution in [0.15, 0.2) is 36.4 Å². The fourth-order valence-electron chi connectivity index (χ4n) is 2.20. The van der Waals surface area contributed by atoms with E-state index >= 15 is 0 Å². The SMILES string of the molecule is COC(=O)Cc1ccc(O)c(NC(=O)c2ccc([N+](=O)[O-])cc2OC)c1. The molecule has 0 saturated heterocycles. The van der Waals surface area contributed by atoms with Gasteiger partial charge in [0.15, 0.2) is 0 Å². The topological polar surface area (TPSA) is 128 Å². The van der Waals surface area contributed by atoms with E-state index in [0.717, 1.165) is 6.07 Å². The molecular formula is C17H16N2O7. The third kappa shape index (κ3) is 4.26. The minimum Gasteiger partial charge on any atom is -0.506 e. The number of carbonyl (C=O) groups excluding carboxylic acids is 2. The minimum absolute atomic E-state index is 0.0157. The van der Waals surface area contributed by atoms with Crippen LogP contribution in [0.25, 0.3) is 0 Å². The summed E-state index contributed by atoms with van der Waals surface area (Å²) in [5.41, 5.74) is 0.439. The van der Waals surface area contributed by atoms with Gasteiger partial charge in [0.1, 0.15) is 11.5 Å². The van der Waals surface area contributed by atoms with Crippen molar-refractivity contribution in [1.29, 1.82) is 0 Å². The van der Waals surface area contributed by atoms with E-state index in [2.05, 4.69) is 10.1 Å². The fourth-order valence-corrected chi connectivity index (χ4v) is 2.20. The Bertz CT molecular complexity index is 864. The highest BCUT2D eigenvalue weighted by Crippen LogP contribution is 2.28. The van der Waals surface area contributed by atoms with E-state index in [1.54, 1.807) is 0 Å². The zero-order valence-corrected chi connectivity index (χ0v) is 14.0. The molecule has 0 spiro atoms. The molecule has 0 fully saturated rings.